The third kappa shape index (κ3) is 35.2. The second kappa shape index (κ2) is 39.7. The number of phosphoric ester groups is 1. The van der Waals surface area contributed by atoms with Crippen molar-refractivity contribution in [2.75, 3.05) is 47.5 Å². The molecule has 0 spiro atoms. The molecule has 66 heavy (non-hydrogen) atoms. The number of carbonyl (C=O) groups excluding carboxylic acids is 1. The summed E-state index contributed by atoms with van der Waals surface area (Å²) in [5, 5.41) is 46.1. The maximum atomic E-state index is 13.2. The van der Waals surface area contributed by atoms with E-state index in [9.17, 15) is 34.7 Å². The minimum Gasteiger partial charge on any atom is -0.756 e. The number of amides is 1. The Hall–Kier alpha value is -0.960. The molecular formula is C52H103N2O11P. The summed E-state index contributed by atoms with van der Waals surface area (Å²) in [4.78, 5) is 25.6. The molecule has 0 aromatic rings. The van der Waals surface area contributed by atoms with E-state index in [2.05, 4.69) is 26.1 Å². The SMILES string of the molecule is CCCCCCCCCCCCCCCCCCCCCCC(=O)N[C@@H](CO[C@@H]1O[C@H](COP(=O)([O-])OCC[N+](C)(C)C)[C@H](O)[C@H](O)[C@H]1O)[C@H](O)/C=C/CCCCCCCCCCC(C)C. The van der Waals surface area contributed by atoms with Crippen LogP contribution in [0.25, 0.3) is 0 Å². The topological polar surface area (TPSA) is 187 Å². The van der Waals surface area contributed by atoms with Gasteiger partial charge in [0.05, 0.1) is 46.5 Å². The van der Waals surface area contributed by atoms with E-state index in [4.69, 9.17) is 18.5 Å². The van der Waals surface area contributed by atoms with E-state index in [1.54, 1.807) is 6.08 Å². The first-order chi connectivity index (χ1) is 31.6. The quantitative estimate of drug-likeness (QED) is 0.0169. The lowest BCUT2D eigenvalue weighted by Gasteiger charge is -2.41. The number of quaternary nitrogens is 1. The second-order valence-corrected chi connectivity index (χ2v) is 22.2. The number of rotatable bonds is 45. The first kappa shape index (κ1) is 63.1. The summed E-state index contributed by atoms with van der Waals surface area (Å²) in [5.74, 6) is 0.542. The Labute approximate surface area is 403 Å². The summed E-state index contributed by atoms with van der Waals surface area (Å²) < 4.78 is 34.3. The lowest BCUT2D eigenvalue weighted by atomic mass is 9.99. The Balaban J connectivity index is 2.55. The Morgan fingerprint density at radius 1 is 0.697 bits per heavy atom. The number of nitrogens with zero attached hydrogens (tertiary/aromatic N) is 1. The van der Waals surface area contributed by atoms with Gasteiger partial charge >= 0.3 is 0 Å². The fraction of sp³-hybridized carbons (Fsp3) is 0.942. The van der Waals surface area contributed by atoms with Crippen LogP contribution < -0.4 is 10.2 Å². The summed E-state index contributed by atoms with van der Waals surface area (Å²) in [6.07, 6.45) is 32.1. The van der Waals surface area contributed by atoms with Crippen LogP contribution in [0.1, 0.15) is 220 Å². The van der Waals surface area contributed by atoms with Gasteiger partial charge in [0.1, 0.15) is 37.6 Å². The smallest absolute Gasteiger partial charge is 0.268 e. The number of hydrogen-bond donors (Lipinski definition) is 5. The summed E-state index contributed by atoms with van der Waals surface area (Å²) in [6.45, 7) is 6.12. The van der Waals surface area contributed by atoms with Gasteiger partial charge in [0, 0.05) is 6.42 Å². The van der Waals surface area contributed by atoms with Crippen molar-refractivity contribution in [1.29, 1.82) is 0 Å². The largest absolute Gasteiger partial charge is 0.756 e. The molecule has 0 aliphatic carbocycles. The van der Waals surface area contributed by atoms with Gasteiger partial charge in [0.2, 0.25) is 5.91 Å². The van der Waals surface area contributed by atoms with E-state index >= 15 is 0 Å². The average Bonchev–Trinajstić information content (AvgIpc) is 3.26. The number of ether oxygens (including phenoxy) is 2. The highest BCUT2D eigenvalue weighted by molar-refractivity contribution is 7.45. The van der Waals surface area contributed by atoms with Crippen LogP contribution in [0.2, 0.25) is 0 Å². The van der Waals surface area contributed by atoms with Gasteiger partial charge in [0.15, 0.2) is 6.29 Å². The van der Waals surface area contributed by atoms with Gasteiger partial charge in [-0.1, -0.05) is 206 Å². The van der Waals surface area contributed by atoms with Crippen LogP contribution in [-0.2, 0) is 27.9 Å². The van der Waals surface area contributed by atoms with Gasteiger partial charge in [0.25, 0.3) is 7.82 Å². The van der Waals surface area contributed by atoms with Gasteiger partial charge < -0.3 is 53.6 Å². The van der Waals surface area contributed by atoms with E-state index in [-0.39, 0.29) is 19.1 Å². The number of likely N-dealkylation sites (N-methyl/N-ethyl adjacent to an activating group) is 1. The zero-order chi connectivity index (χ0) is 48.9. The number of phosphoric acid groups is 1. The van der Waals surface area contributed by atoms with E-state index in [1.807, 2.05) is 27.2 Å². The van der Waals surface area contributed by atoms with Crippen molar-refractivity contribution < 1.29 is 57.7 Å². The molecule has 0 radical (unpaired) electrons. The Kier molecular flexibility index (Phi) is 38.0. The normalized spacial score (nSPS) is 21.1. The third-order valence-electron chi connectivity index (χ3n) is 12.8. The molecule has 0 aromatic heterocycles. The molecule has 0 saturated carbocycles. The number of hydrogen-bond acceptors (Lipinski definition) is 11. The highest BCUT2D eigenvalue weighted by atomic mass is 31.2. The lowest BCUT2D eigenvalue weighted by Crippen LogP contribution is -2.60. The molecule has 14 heteroatoms. The monoisotopic (exact) mass is 963 g/mol. The van der Waals surface area contributed by atoms with E-state index < -0.39 is 57.3 Å². The molecule has 1 aliphatic heterocycles. The van der Waals surface area contributed by atoms with Crippen molar-refractivity contribution in [2.45, 2.75) is 263 Å². The molecule has 5 N–H and O–H groups in total. The second-order valence-electron chi connectivity index (χ2n) is 20.8. The molecular weight excluding hydrogens is 860 g/mol. The minimum absolute atomic E-state index is 0.117. The number of carbonyl (C=O) groups is 1. The number of aliphatic hydroxyl groups is 4. The summed E-state index contributed by atoms with van der Waals surface area (Å²) >= 11 is 0. The van der Waals surface area contributed by atoms with E-state index in [0.29, 0.717) is 17.4 Å². The van der Waals surface area contributed by atoms with Crippen LogP contribution >= 0.6 is 7.82 Å². The van der Waals surface area contributed by atoms with Crippen LogP contribution in [0.5, 0.6) is 0 Å². The molecule has 392 valence electrons. The zero-order valence-electron chi connectivity index (χ0n) is 43.1. The highest BCUT2D eigenvalue weighted by Gasteiger charge is 2.45. The molecule has 13 nitrogen and oxygen atoms in total. The average molecular weight is 963 g/mol. The number of aliphatic hydroxyl groups excluding tert-OH is 4. The zero-order valence-corrected chi connectivity index (χ0v) is 44.0. The minimum atomic E-state index is -4.77. The van der Waals surface area contributed by atoms with Crippen LogP contribution in [-0.4, -0.2) is 121 Å². The summed E-state index contributed by atoms with van der Waals surface area (Å²) in [6, 6.07) is -0.902. The van der Waals surface area contributed by atoms with E-state index in [0.717, 1.165) is 50.9 Å². The molecule has 0 bridgehead atoms. The first-order valence-corrected chi connectivity index (χ1v) is 28.4. The number of nitrogens with one attached hydrogen (secondary N) is 1. The van der Waals surface area contributed by atoms with Crippen LogP contribution in [0.4, 0.5) is 0 Å². The number of allylic oxidation sites excluding steroid dienone is 1. The van der Waals surface area contributed by atoms with Gasteiger partial charge in [-0.2, -0.15) is 0 Å². The van der Waals surface area contributed by atoms with Crippen molar-refractivity contribution in [3.05, 3.63) is 12.2 Å². The molecule has 1 amide bonds. The molecule has 1 unspecified atom stereocenters. The van der Waals surface area contributed by atoms with Crippen molar-refractivity contribution in [3.8, 4) is 0 Å². The highest BCUT2D eigenvalue weighted by Crippen LogP contribution is 2.39. The van der Waals surface area contributed by atoms with Crippen LogP contribution in [0, 0.1) is 5.92 Å². The van der Waals surface area contributed by atoms with Crippen molar-refractivity contribution in [2.24, 2.45) is 5.92 Å². The summed E-state index contributed by atoms with van der Waals surface area (Å²) in [5.41, 5.74) is 0. The Bertz CT molecular complexity index is 1220. The first-order valence-electron chi connectivity index (χ1n) is 26.9. The summed E-state index contributed by atoms with van der Waals surface area (Å²) in [7, 11) is 0.874. The lowest BCUT2D eigenvalue weighted by molar-refractivity contribution is -0.870. The van der Waals surface area contributed by atoms with Gasteiger partial charge in [-0.25, -0.2) is 0 Å². The Morgan fingerprint density at radius 2 is 1.17 bits per heavy atom. The van der Waals surface area contributed by atoms with Gasteiger partial charge in [-0.15, -0.1) is 0 Å². The van der Waals surface area contributed by atoms with Crippen LogP contribution in [0.15, 0.2) is 12.2 Å². The standard InChI is InChI=1S/C52H103N2O11P/c1-7-8-9-10-11-12-13-14-15-16-17-18-19-20-21-22-27-30-33-36-39-48(56)53-45(46(55)38-35-32-29-26-24-23-25-28-31-34-37-44(2)3)42-62-52-51(59)50(58)49(57)47(65-52)43-64-66(60,61)63-41-40-54(4,5)6/h35,38,44-47,49-52,55,57-59H,7-34,36-37,39-43H2,1-6H3,(H-,53,56,60,61)/b38-35+/t45-,46+,47+,49-,50-,51+,52+/m0/s1. The molecule has 1 rings (SSSR count). The van der Waals surface area contributed by atoms with Gasteiger partial charge in [-0.3, -0.25) is 9.36 Å². The predicted molar refractivity (Wildman–Crippen MR) is 266 cm³/mol. The van der Waals surface area contributed by atoms with E-state index in [1.165, 1.54) is 148 Å². The van der Waals surface area contributed by atoms with Crippen molar-refractivity contribution in [1.82, 2.24) is 5.32 Å². The molecule has 1 saturated heterocycles. The molecule has 1 fully saturated rings. The van der Waals surface area contributed by atoms with Crippen molar-refractivity contribution in [3.63, 3.8) is 0 Å². The fourth-order valence-electron chi connectivity index (χ4n) is 8.31. The maximum Gasteiger partial charge on any atom is 0.268 e. The maximum absolute atomic E-state index is 13.2. The molecule has 1 heterocycles. The number of unbranched alkanes of at least 4 members (excludes halogenated alkanes) is 27. The molecule has 8 atom stereocenters. The molecule has 0 aromatic carbocycles. The molecule has 1 aliphatic rings. The fourth-order valence-corrected chi connectivity index (χ4v) is 9.02. The predicted octanol–water partition coefficient (Wildman–Crippen LogP) is 10.2. The van der Waals surface area contributed by atoms with Crippen LogP contribution in [0.3, 0.4) is 0 Å². The van der Waals surface area contributed by atoms with Crippen molar-refractivity contribution >= 4 is 13.7 Å². The van der Waals surface area contributed by atoms with Gasteiger partial charge in [-0.05, 0) is 25.2 Å². The third-order valence-corrected chi connectivity index (χ3v) is 13.7. The Morgan fingerprint density at radius 3 is 1.65 bits per heavy atom.